The van der Waals surface area contributed by atoms with Crippen molar-refractivity contribution in [2.45, 2.75) is 37.6 Å². The second-order valence-corrected chi connectivity index (χ2v) is 5.31. The summed E-state index contributed by atoms with van der Waals surface area (Å²) in [4.78, 5) is 21.5. The molecule has 4 N–H and O–H groups in total. The van der Waals surface area contributed by atoms with Crippen molar-refractivity contribution in [3.05, 3.63) is 34.4 Å². The highest BCUT2D eigenvalue weighted by Gasteiger charge is 2.46. The molecule has 1 aliphatic rings. The van der Waals surface area contributed by atoms with Crippen LogP contribution in [0.3, 0.4) is 0 Å². The zero-order chi connectivity index (χ0) is 17.9. The van der Waals surface area contributed by atoms with Gasteiger partial charge in [-0.2, -0.15) is 0 Å². The highest BCUT2D eigenvalue weighted by molar-refractivity contribution is 5.73. The number of aliphatic hydroxyl groups is 3. The molecule has 0 radical (unpaired) electrons. The molecule has 1 saturated heterocycles. The van der Waals surface area contributed by atoms with Gasteiger partial charge in [-0.05, 0) is 6.07 Å². The lowest BCUT2D eigenvalue weighted by Gasteiger charge is -2.42. The fourth-order valence-electron chi connectivity index (χ4n) is 2.38. The molecule has 0 spiro atoms. The van der Waals surface area contributed by atoms with Crippen LogP contribution >= 0.6 is 0 Å². The smallest absolute Gasteiger partial charge is 0.273 e. The Labute approximate surface area is 136 Å². The second kappa shape index (κ2) is 7.53. The average molecular weight is 342 g/mol. The Bertz CT molecular complexity index is 610. The maximum atomic E-state index is 11.3. The van der Waals surface area contributed by atoms with Crippen LogP contribution in [-0.4, -0.2) is 63.4 Å². The summed E-state index contributed by atoms with van der Waals surface area (Å²) in [6, 6.07) is 4.14. The molecule has 132 valence electrons. The van der Waals surface area contributed by atoms with Crippen LogP contribution in [-0.2, 0) is 9.53 Å². The maximum absolute atomic E-state index is 11.3. The zero-order valence-corrected chi connectivity index (χ0v) is 12.7. The number of nitrogens with zero attached hydrogens (tertiary/aromatic N) is 1. The highest BCUT2D eigenvalue weighted by atomic mass is 16.7. The van der Waals surface area contributed by atoms with Crippen molar-refractivity contribution in [1.29, 1.82) is 0 Å². The third-order valence-corrected chi connectivity index (χ3v) is 3.53. The first kappa shape index (κ1) is 18.1. The van der Waals surface area contributed by atoms with Crippen LogP contribution in [0.15, 0.2) is 24.3 Å². The largest absolute Gasteiger partial charge is 0.462 e. The molecule has 1 aliphatic heterocycles. The number of nitrogens with one attached hydrogen (secondary N) is 1. The van der Waals surface area contributed by atoms with Gasteiger partial charge in [-0.15, -0.1) is 0 Å². The highest BCUT2D eigenvalue weighted by Crippen LogP contribution is 2.26. The third-order valence-electron chi connectivity index (χ3n) is 3.53. The number of amides is 1. The zero-order valence-electron chi connectivity index (χ0n) is 12.7. The van der Waals surface area contributed by atoms with Gasteiger partial charge >= 0.3 is 0 Å². The lowest BCUT2D eigenvalue weighted by Crippen LogP contribution is -2.65. The molecule has 2 rings (SSSR count). The first-order valence-corrected chi connectivity index (χ1v) is 7.14. The number of non-ortho nitro benzene ring substituents is 1. The lowest BCUT2D eigenvalue weighted by atomic mass is 9.97. The van der Waals surface area contributed by atoms with Crippen LogP contribution in [0.5, 0.6) is 5.75 Å². The van der Waals surface area contributed by atoms with Gasteiger partial charge in [0.05, 0.1) is 17.6 Å². The van der Waals surface area contributed by atoms with Crippen LogP contribution in [0.2, 0.25) is 0 Å². The van der Waals surface area contributed by atoms with E-state index in [1.165, 1.54) is 25.1 Å². The van der Waals surface area contributed by atoms with Crippen molar-refractivity contribution in [1.82, 2.24) is 5.32 Å². The van der Waals surface area contributed by atoms with E-state index >= 15 is 0 Å². The predicted octanol–water partition coefficient (Wildman–Crippen LogP) is -1.08. The van der Waals surface area contributed by atoms with E-state index in [-0.39, 0.29) is 11.4 Å². The topological polar surface area (TPSA) is 151 Å². The number of ether oxygens (including phenoxy) is 2. The summed E-state index contributed by atoms with van der Waals surface area (Å²) in [5.74, 6) is -0.422. The molecule has 0 bridgehead atoms. The molecule has 1 aromatic carbocycles. The van der Waals surface area contributed by atoms with Crippen molar-refractivity contribution in [3.8, 4) is 5.75 Å². The number of hydrogen-bond acceptors (Lipinski definition) is 8. The molecule has 1 aromatic rings. The van der Waals surface area contributed by atoms with Gasteiger partial charge in [0.25, 0.3) is 5.69 Å². The number of hydrogen-bond donors (Lipinski definition) is 4. The Hall–Kier alpha value is -2.27. The van der Waals surface area contributed by atoms with E-state index in [1.807, 2.05) is 0 Å². The number of nitro groups is 1. The number of benzene rings is 1. The standard InChI is InChI=1S/C14H18N2O8/c1-7(18)15-11-13(20)12(19)10(6-17)24-14(11)23-9-4-2-3-8(5-9)16(21)22/h2-5,10-14,17,19-20H,6H2,1H3,(H,15,18)/t10-,11+,12+,13-,14+/m1/s1. The SMILES string of the molecule is CC(=O)N[C@@H]1[C@@H](Oc2cccc([N+](=O)[O-])c2)O[C@H](CO)[C@H](O)[C@@H]1O. The molecule has 1 fully saturated rings. The fourth-order valence-corrected chi connectivity index (χ4v) is 2.38. The average Bonchev–Trinajstić information content (AvgIpc) is 2.54. The normalized spacial score (nSPS) is 29.8. The maximum Gasteiger partial charge on any atom is 0.273 e. The molecule has 0 aromatic heterocycles. The Balaban J connectivity index is 2.24. The van der Waals surface area contributed by atoms with Crippen molar-refractivity contribution in [2.24, 2.45) is 0 Å². The number of carbonyl (C=O) groups excluding carboxylic acids is 1. The summed E-state index contributed by atoms with van der Waals surface area (Å²) in [5.41, 5.74) is -0.210. The summed E-state index contributed by atoms with van der Waals surface area (Å²) in [6.07, 6.45) is -5.28. The van der Waals surface area contributed by atoms with Crippen LogP contribution in [0.1, 0.15) is 6.92 Å². The molecule has 0 aliphatic carbocycles. The summed E-state index contributed by atoms with van der Waals surface area (Å²) >= 11 is 0. The Kier molecular flexibility index (Phi) is 5.67. The summed E-state index contributed by atoms with van der Waals surface area (Å²) < 4.78 is 10.9. The van der Waals surface area contributed by atoms with E-state index < -0.39 is 48.1 Å². The number of nitro benzene ring substituents is 1. The number of aliphatic hydroxyl groups excluding tert-OH is 3. The second-order valence-electron chi connectivity index (χ2n) is 5.31. The van der Waals surface area contributed by atoms with Gasteiger partial charge in [0, 0.05) is 13.0 Å². The van der Waals surface area contributed by atoms with Gasteiger partial charge in [0.1, 0.15) is 30.1 Å². The summed E-state index contributed by atoms with van der Waals surface area (Å²) in [7, 11) is 0. The van der Waals surface area contributed by atoms with Gasteiger partial charge < -0.3 is 30.1 Å². The van der Waals surface area contributed by atoms with Gasteiger partial charge in [0.2, 0.25) is 12.2 Å². The van der Waals surface area contributed by atoms with E-state index in [4.69, 9.17) is 9.47 Å². The van der Waals surface area contributed by atoms with Crippen LogP contribution in [0.25, 0.3) is 0 Å². The Morgan fingerprint density at radius 3 is 2.71 bits per heavy atom. The van der Waals surface area contributed by atoms with Crippen LogP contribution in [0.4, 0.5) is 5.69 Å². The summed E-state index contributed by atoms with van der Waals surface area (Å²) in [6.45, 7) is 0.626. The van der Waals surface area contributed by atoms with Gasteiger partial charge in [-0.1, -0.05) is 6.07 Å². The van der Waals surface area contributed by atoms with Gasteiger partial charge in [0.15, 0.2) is 0 Å². The van der Waals surface area contributed by atoms with Crippen molar-refractivity contribution >= 4 is 11.6 Å². The van der Waals surface area contributed by atoms with E-state index in [2.05, 4.69) is 5.32 Å². The molecule has 24 heavy (non-hydrogen) atoms. The summed E-state index contributed by atoms with van der Waals surface area (Å²) in [5, 5.41) is 42.4. The minimum atomic E-state index is -1.46. The number of carbonyl (C=O) groups is 1. The van der Waals surface area contributed by atoms with Gasteiger partial charge in [-0.3, -0.25) is 14.9 Å². The first-order valence-electron chi connectivity index (χ1n) is 7.14. The molecule has 0 unspecified atom stereocenters. The van der Waals surface area contributed by atoms with Crippen LogP contribution in [0, 0.1) is 10.1 Å². The molecular weight excluding hydrogens is 324 g/mol. The quantitative estimate of drug-likeness (QED) is 0.389. The molecule has 5 atom stereocenters. The molecule has 0 saturated carbocycles. The number of rotatable bonds is 5. The predicted molar refractivity (Wildman–Crippen MR) is 79.1 cm³/mol. The molecule has 10 heteroatoms. The minimum absolute atomic E-state index is 0.0739. The van der Waals surface area contributed by atoms with Crippen molar-refractivity contribution in [2.75, 3.05) is 6.61 Å². The van der Waals surface area contributed by atoms with E-state index in [1.54, 1.807) is 0 Å². The lowest BCUT2D eigenvalue weighted by molar-refractivity contribution is -0.385. The van der Waals surface area contributed by atoms with Crippen LogP contribution < -0.4 is 10.1 Å². The fraction of sp³-hybridized carbons (Fsp3) is 0.500. The monoisotopic (exact) mass is 342 g/mol. The van der Waals surface area contributed by atoms with E-state index in [0.717, 1.165) is 6.07 Å². The first-order chi connectivity index (χ1) is 11.3. The van der Waals surface area contributed by atoms with Crippen molar-refractivity contribution in [3.63, 3.8) is 0 Å². The molecule has 10 nitrogen and oxygen atoms in total. The third kappa shape index (κ3) is 3.97. The molecule has 1 heterocycles. The van der Waals surface area contributed by atoms with E-state index in [9.17, 15) is 30.2 Å². The molecular formula is C14H18N2O8. The molecule has 1 amide bonds. The van der Waals surface area contributed by atoms with Gasteiger partial charge in [-0.25, -0.2) is 0 Å². The minimum Gasteiger partial charge on any atom is -0.462 e. The Morgan fingerprint density at radius 2 is 2.12 bits per heavy atom. The van der Waals surface area contributed by atoms with E-state index in [0.29, 0.717) is 0 Å². The van der Waals surface area contributed by atoms with Crippen molar-refractivity contribution < 1.29 is 34.5 Å². The Morgan fingerprint density at radius 1 is 1.42 bits per heavy atom.